The van der Waals surface area contributed by atoms with Crippen molar-refractivity contribution in [2.24, 2.45) is 0 Å². The number of carbonyl (C=O) groups excluding carboxylic acids is 1. The second kappa shape index (κ2) is 10.9. The second-order valence-corrected chi connectivity index (χ2v) is 7.39. The van der Waals surface area contributed by atoms with Crippen LogP contribution in [0.2, 0.25) is 0 Å². The van der Waals surface area contributed by atoms with Gasteiger partial charge in [-0.05, 0) is 75.0 Å². The van der Waals surface area contributed by atoms with Crippen molar-refractivity contribution in [3.63, 3.8) is 0 Å². The smallest absolute Gasteiger partial charge is 0.162 e. The number of ether oxygens (including phenoxy) is 1. The van der Waals surface area contributed by atoms with Gasteiger partial charge in [0.1, 0.15) is 5.75 Å². The highest BCUT2D eigenvalue weighted by atomic mass is 16.5. The first-order valence-electron chi connectivity index (χ1n) is 10.3. The molecule has 0 aromatic heterocycles. The highest BCUT2D eigenvalue weighted by Gasteiger charge is 2.09. The Morgan fingerprint density at radius 3 is 2.37 bits per heavy atom. The first-order chi connectivity index (χ1) is 13.3. The van der Waals surface area contributed by atoms with Crippen molar-refractivity contribution in [3.05, 3.63) is 65.7 Å². The Kier molecular flexibility index (Phi) is 7.91. The highest BCUT2D eigenvalue weighted by Crippen LogP contribution is 2.16. The zero-order valence-electron chi connectivity index (χ0n) is 16.2. The Morgan fingerprint density at radius 1 is 0.889 bits per heavy atom. The van der Waals surface area contributed by atoms with Crippen LogP contribution in [0.25, 0.3) is 0 Å². The van der Waals surface area contributed by atoms with E-state index in [9.17, 15) is 4.79 Å². The summed E-state index contributed by atoms with van der Waals surface area (Å²) in [7, 11) is 0. The molecule has 1 heterocycles. The molecule has 27 heavy (non-hydrogen) atoms. The maximum atomic E-state index is 12.3. The molecule has 0 spiro atoms. The average molecular weight is 366 g/mol. The summed E-state index contributed by atoms with van der Waals surface area (Å²) >= 11 is 0. The van der Waals surface area contributed by atoms with Crippen molar-refractivity contribution in [3.8, 4) is 5.75 Å². The van der Waals surface area contributed by atoms with Gasteiger partial charge in [0.05, 0.1) is 6.61 Å². The van der Waals surface area contributed by atoms with Gasteiger partial charge in [-0.15, -0.1) is 0 Å². The molecule has 0 bridgehead atoms. The third kappa shape index (κ3) is 6.84. The van der Waals surface area contributed by atoms with Gasteiger partial charge < -0.3 is 9.64 Å². The molecule has 0 unspecified atom stereocenters. The quantitative estimate of drug-likeness (QED) is 0.431. The van der Waals surface area contributed by atoms with E-state index >= 15 is 0 Å². The van der Waals surface area contributed by atoms with Gasteiger partial charge in [-0.25, -0.2) is 0 Å². The van der Waals surface area contributed by atoms with Crippen LogP contribution in [0, 0.1) is 0 Å². The minimum absolute atomic E-state index is 0.211. The summed E-state index contributed by atoms with van der Waals surface area (Å²) in [5, 5.41) is 0. The molecular weight excluding hydrogens is 334 g/mol. The number of hydrogen-bond acceptors (Lipinski definition) is 3. The molecule has 3 heteroatoms. The zero-order chi connectivity index (χ0) is 18.7. The number of Topliss-reactive ketones (excluding diaryl/α,β-unsaturated/α-hetero) is 1. The van der Waals surface area contributed by atoms with Crippen LogP contribution in [0.1, 0.15) is 54.4 Å². The number of carbonyl (C=O) groups is 1. The number of ketones is 1. The largest absolute Gasteiger partial charge is 0.494 e. The predicted molar refractivity (Wildman–Crippen MR) is 111 cm³/mol. The molecule has 0 atom stereocenters. The summed E-state index contributed by atoms with van der Waals surface area (Å²) in [6.45, 7) is 4.33. The molecule has 1 aliphatic heterocycles. The van der Waals surface area contributed by atoms with Crippen molar-refractivity contribution in [1.29, 1.82) is 0 Å². The zero-order valence-corrected chi connectivity index (χ0v) is 16.2. The van der Waals surface area contributed by atoms with Crippen LogP contribution >= 0.6 is 0 Å². The van der Waals surface area contributed by atoms with E-state index in [1.807, 2.05) is 42.5 Å². The van der Waals surface area contributed by atoms with Crippen molar-refractivity contribution in [1.82, 2.24) is 4.90 Å². The van der Waals surface area contributed by atoms with E-state index in [2.05, 4.69) is 17.0 Å². The molecule has 1 fully saturated rings. The monoisotopic (exact) mass is 365 g/mol. The molecular formula is C24H31NO2. The van der Waals surface area contributed by atoms with Gasteiger partial charge in [0.2, 0.25) is 0 Å². The molecule has 0 aliphatic carbocycles. The lowest BCUT2D eigenvalue weighted by molar-refractivity contribution is 0.0980. The Bertz CT molecular complexity index is 675. The molecule has 2 aromatic carbocycles. The Labute approximate surface area is 163 Å². The Balaban J connectivity index is 1.34. The van der Waals surface area contributed by atoms with Gasteiger partial charge >= 0.3 is 0 Å². The van der Waals surface area contributed by atoms with Gasteiger partial charge in [-0.3, -0.25) is 4.79 Å². The first kappa shape index (κ1) is 19.6. The van der Waals surface area contributed by atoms with Crippen molar-refractivity contribution < 1.29 is 9.53 Å². The number of piperidine rings is 1. The SMILES string of the molecule is O=C(CCCc1ccccc1)c1ccc(OCCCN2CCCCC2)cc1. The first-order valence-corrected chi connectivity index (χ1v) is 10.3. The highest BCUT2D eigenvalue weighted by molar-refractivity contribution is 5.96. The fourth-order valence-corrected chi connectivity index (χ4v) is 3.64. The third-order valence-electron chi connectivity index (χ3n) is 5.22. The number of likely N-dealkylation sites (tertiary alicyclic amines) is 1. The van der Waals surface area contributed by atoms with Crippen molar-refractivity contribution >= 4 is 5.78 Å². The van der Waals surface area contributed by atoms with Gasteiger partial charge in [0.15, 0.2) is 5.78 Å². The van der Waals surface area contributed by atoms with E-state index in [4.69, 9.17) is 4.74 Å². The molecule has 0 saturated carbocycles. The summed E-state index contributed by atoms with van der Waals surface area (Å²) in [6, 6.07) is 18.0. The number of nitrogens with zero attached hydrogens (tertiary/aromatic N) is 1. The number of rotatable bonds is 10. The topological polar surface area (TPSA) is 29.5 Å². The molecule has 3 nitrogen and oxygen atoms in total. The molecule has 1 saturated heterocycles. The molecule has 1 aliphatic rings. The van der Waals surface area contributed by atoms with Gasteiger partial charge in [0.25, 0.3) is 0 Å². The van der Waals surface area contributed by atoms with Gasteiger partial charge in [0, 0.05) is 18.5 Å². The molecule has 2 aromatic rings. The number of aryl methyl sites for hydroxylation is 1. The summed E-state index contributed by atoms with van der Waals surface area (Å²) in [4.78, 5) is 14.9. The van der Waals surface area contributed by atoms with E-state index < -0.39 is 0 Å². The van der Waals surface area contributed by atoms with E-state index in [0.29, 0.717) is 6.42 Å². The molecule has 0 radical (unpaired) electrons. The van der Waals surface area contributed by atoms with Crippen LogP contribution in [0.3, 0.4) is 0 Å². The number of hydrogen-bond donors (Lipinski definition) is 0. The van der Waals surface area contributed by atoms with Crippen LogP contribution < -0.4 is 4.74 Å². The lowest BCUT2D eigenvalue weighted by Gasteiger charge is -2.26. The van der Waals surface area contributed by atoms with E-state index in [-0.39, 0.29) is 5.78 Å². The number of benzene rings is 2. The van der Waals surface area contributed by atoms with Gasteiger partial charge in [-0.2, -0.15) is 0 Å². The van der Waals surface area contributed by atoms with E-state index in [1.165, 1.54) is 37.9 Å². The summed E-state index contributed by atoms with van der Waals surface area (Å²) in [5.74, 6) is 1.07. The van der Waals surface area contributed by atoms with E-state index in [0.717, 1.165) is 43.7 Å². The van der Waals surface area contributed by atoms with Crippen LogP contribution in [-0.4, -0.2) is 36.9 Å². The normalized spacial score (nSPS) is 14.8. The molecule has 0 N–H and O–H groups in total. The second-order valence-electron chi connectivity index (χ2n) is 7.39. The summed E-state index contributed by atoms with van der Waals surface area (Å²) in [5.41, 5.74) is 2.07. The van der Waals surface area contributed by atoms with Crippen LogP contribution in [0.15, 0.2) is 54.6 Å². The summed E-state index contributed by atoms with van der Waals surface area (Å²) < 4.78 is 5.83. The molecule has 144 valence electrons. The average Bonchev–Trinajstić information content (AvgIpc) is 2.73. The van der Waals surface area contributed by atoms with Crippen LogP contribution in [0.4, 0.5) is 0 Å². The standard InChI is InChI=1S/C24H31NO2/c26-24(12-7-11-21-9-3-1-4-10-21)22-13-15-23(16-14-22)27-20-8-19-25-17-5-2-6-18-25/h1,3-4,9-10,13-16H,2,5-8,11-12,17-20H2. The fraction of sp³-hybridized carbons (Fsp3) is 0.458. The maximum Gasteiger partial charge on any atom is 0.162 e. The lowest BCUT2D eigenvalue weighted by atomic mass is 10.0. The van der Waals surface area contributed by atoms with Crippen LogP contribution in [0.5, 0.6) is 5.75 Å². The Morgan fingerprint density at radius 2 is 1.63 bits per heavy atom. The summed E-state index contributed by atoms with van der Waals surface area (Å²) in [6.07, 6.45) is 7.53. The van der Waals surface area contributed by atoms with E-state index in [1.54, 1.807) is 0 Å². The lowest BCUT2D eigenvalue weighted by Crippen LogP contribution is -2.31. The predicted octanol–water partition coefficient (Wildman–Crippen LogP) is 5.15. The molecule has 0 amide bonds. The fourth-order valence-electron chi connectivity index (χ4n) is 3.64. The minimum Gasteiger partial charge on any atom is -0.494 e. The van der Waals surface area contributed by atoms with Crippen molar-refractivity contribution in [2.45, 2.75) is 44.9 Å². The van der Waals surface area contributed by atoms with Crippen molar-refractivity contribution in [2.75, 3.05) is 26.2 Å². The van der Waals surface area contributed by atoms with Crippen LogP contribution in [-0.2, 0) is 6.42 Å². The molecule has 3 rings (SSSR count). The van der Waals surface area contributed by atoms with Gasteiger partial charge in [-0.1, -0.05) is 36.8 Å². The minimum atomic E-state index is 0.211. The Hall–Kier alpha value is -2.13. The third-order valence-corrected chi connectivity index (χ3v) is 5.22. The maximum absolute atomic E-state index is 12.3.